The number of piperidine rings is 1. The summed E-state index contributed by atoms with van der Waals surface area (Å²) >= 11 is 6.13. The molecule has 104 valence electrons. The summed E-state index contributed by atoms with van der Waals surface area (Å²) in [4.78, 5) is 17.8. The lowest BCUT2D eigenvalue weighted by atomic mass is 9.93. The van der Waals surface area contributed by atoms with E-state index >= 15 is 0 Å². The monoisotopic (exact) mass is 282 g/mol. The van der Waals surface area contributed by atoms with Crippen LogP contribution in [-0.4, -0.2) is 28.4 Å². The molecule has 0 spiro atoms. The minimum absolute atomic E-state index is 0.0870. The number of nitrogen functional groups attached to an aromatic ring is 1. The van der Waals surface area contributed by atoms with Crippen LogP contribution in [0.3, 0.4) is 0 Å². The van der Waals surface area contributed by atoms with Gasteiger partial charge in [0.15, 0.2) is 0 Å². The largest absolute Gasteiger partial charge is 0.384 e. The summed E-state index contributed by atoms with van der Waals surface area (Å²) in [6, 6.07) is 3.81. The number of primary amides is 1. The van der Waals surface area contributed by atoms with Crippen molar-refractivity contribution in [1.82, 2.24) is 9.88 Å². The van der Waals surface area contributed by atoms with E-state index < -0.39 is 0 Å². The number of hydrogen-bond donors (Lipinski definition) is 2. The summed E-state index contributed by atoms with van der Waals surface area (Å²) in [6.07, 6.45) is 1.80. The highest BCUT2D eigenvalue weighted by molar-refractivity contribution is 6.31. The van der Waals surface area contributed by atoms with Gasteiger partial charge in [0.2, 0.25) is 5.91 Å². The number of anilines is 1. The van der Waals surface area contributed by atoms with Gasteiger partial charge in [0.1, 0.15) is 5.82 Å². The van der Waals surface area contributed by atoms with Crippen molar-refractivity contribution in [3.63, 3.8) is 0 Å². The van der Waals surface area contributed by atoms with Crippen molar-refractivity contribution in [1.29, 1.82) is 0 Å². The van der Waals surface area contributed by atoms with Gasteiger partial charge in [-0.2, -0.15) is 0 Å². The molecule has 6 heteroatoms. The first-order chi connectivity index (χ1) is 8.97. The van der Waals surface area contributed by atoms with Crippen molar-refractivity contribution in [2.75, 3.05) is 12.3 Å². The van der Waals surface area contributed by atoms with Gasteiger partial charge >= 0.3 is 0 Å². The molecule has 1 aromatic heterocycles. The standard InChI is InChI=1S/C13H19ClN4O/c1-8-2-3-9(13(16)19)6-18(8)7-11-10(14)4-5-12(15)17-11/h4-5,8-9H,2-3,6-7H2,1H3,(H2,15,17)(H2,16,19). The minimum atomic E-state index is -0.233. The summed E-state index contributed by atoms with van der Waals surface area (Å²) in [7, 11) is 0. The van der Waals surface area contributed by atoms with Crippen molar-refractivity contribution in [2.45, 2.75) is 32.4 Å². The highest BCUT2D eigenvalue weighted by Gasteiger charge is 2.29. The average molecular weight is 283 g/mol. The second-order valence-electron chi connectivity index (χ2n) is 5.12. The number of nitrogens with two attached hydrogens (primary N) is 2. The Balaban J connectivity index is 2.12. The molecule has 0 bridgehead atoms. The van der Waals surface area contributed by atoms with Crippen LogP contribution >= 0.6 is 11.6 Å². The Morgan fingerprint density at radius 1 is 1.53 bits per heavy atom. The van der Waals surface area contributed by atoms with Crippen LogP contribution in [0.5, 0.6) is 0 Å². The van der Waals surface area contributed by atoms with Crippen LogP contribution < -0.4 is 11.5 Å². The van der Waals surface area contributed by atoms with E-state index in [0.29, 0.717) is 30.0 Å². The molecule has 0 radical (unpaired) electrons. The minimum Gasteiger partial charge on any atom is -0.384 e. The van der Waals surface area contributed by atoms with E-state index in [-0.39, 0.29) is 11.8 Å². The molecule has 0 saturated carbocycles. The number of likely N-dealkylation sites (tertiary alicyclic amines) is 1. The number of carbonyl (C=O) groups is 1. The van der Waals surface area contributed by atoms with E-state index in [4.69, 9.17) is 23.1 Å². The molecule has 0 aliphatic carbocycles. The van der Waals surface area contributed by atoms with Crippen LogP contribution in [0.15, 0.2) is 12.1 Å². The van der Waals surface area contributed by atoms with E-state index in [9.17, 15) is 4.79 Å². The van der Waals surface area contributed by atoms with Gasteiger partial charge in [0.05, 0.1) is 16.6 Å². The number of nitrogens with zero attached hydrogens (tertiary/aromatic N) is 2. The molecule has 0 aromatic carbocycles. The van der Waals surface area contributed by atoms with E-state index in [1.165, 1.54) is 0 Å². The van der Waals surface area contributed by atoms with Gasteiger partial charge in [0, 0.05) is 19.1 Å². The molecule has 1 saturated heterocycles. The van der Waals surface area contributed by atoms with Crippen molar-refractivity contribution in [2.24, 2.45) is 11.7 Å². The first-order valence-corrected chi connectivity index (χ1v) is 6.79. The molecule has 2 heterocycles. The van der Waals surface area contributed by atoms with Crippen molar-refractivity contribution in [3.8, 4) is 0 Å². The second kappa shape index (κ2) is 5.75. The fourth-order valence-electron chi connectivity index (χ4n) is 2.44. The number of hydrogen-bond acceptors (Lipinski definition) is 4. The maximum absolute atomic E-state index is 11.3. The molecule has 2 unspecified atom stereocenters. The van der Waals surface area contributed by atoms with E-state index in [1.54, 1.807) is 12.1 Å². The Bertz CT molecular complexity index is 480. The van der Waals surface area contributed by atoms with E-state index in [2.05, 4.69) is 16.8 Å². The lowest BCUT2D eigenvalue weighted by molar-refractivity contribution is -0.124. The molecule has 2 rings (SSSR count). The third-order valence-electron chi connectivity index (χ3n) is 3.71. The number of halogens is 1. The quantitative estimate of drug-likeness (QED) is 0.878. The maximum atomic E-state index is 11.3. The topological polar surface area (TPSA) is 85.2 Å². The molecule has 1 aliphatic heterocycles. The van der Waals surface area contributed by atoms with Crippen molar-refractivity contribution >= 4 is 23.3 Å². The molecule has 1 amide bonds. The first-order valence-electron chi connectivity index (χ1n) is 6.41. The third kappa shape index (κ3) is 3.36. The molecule has 2 atom stereocenters. The number of amides is 1. The Hall–Kier alpha value is -1.33. The smallest absolute Gasteiger partial charge is 0.221 e. The maximum Gasteiger partial charge on any atom is 0.221 e. The van der Waals surface area contributed by atoms with Gasteiger partial charge < -0.3 is 11.5 Å². The van der Waals surface area contributed by atoms with E-state index in [1.807, 2.05) is 0 Å². The predicted molar refractivity (Wildman–Crippen MR) is 75.4 cm³/mol. The Labute approximate surface area is 117 Å². The van der Waals surface area contributed by atoms with Crippen LogP contribution in [0.4, 0.5) is 5.82 Å². The number of aromatic nitrogens is 1. The number of rotatable bonds is 3. The summed E-state index contributed by atoms with van der Waals surface area (Å²) < 4.78 is 0. The molecule has 4 N–H and O–H groups in total. The lowest BCUT2D eigenvalue weighted by Gasteiger charge is -2.36. The zero-order valence-electron chi connectivity index (χ0n) is 11.0. The first kappa shape index (κ1) is 14.1. The molecule has 19 heavy (non-hydrogen) atoms. The molecule has 1 aliphatic rings. The molecular weight excluding hydrogens is 264 g/mol. The van der Waals surface area contributed by atoms with E-state index in [0.717, 1.165) is 18.5 Å². The predicted octanol–water partition coefficient (Wildman–Crippen LogP) is 1.40. The number of pyridine rings is 1. The van der Waals surface area contributed by atoms with Gasteiger partial charge in [-0.15, -0.1) is 0 Å². The summed E-state index contributed by atoms with van der Waals surface area (Å²) in [5.74, 6) is 0.134. The lowest BCUT2D eigenvalue weighted by Crippen LogP contribution is -2.45. The highest BCUT2D eigenvalue weighted by Crippen LogP contribution is 2.25. The van der Waals surface area contributed by atoms with Crippen molar-refractivity contribution in [3.05, 3.63) is 22.8 Å². The van der Waals surface area contributed by atoms with Gasteiger partial charge in [-0.3, -0.25) is 9.69 Å². The van der Waals surface area contributed by atoms with Crippen LogP contribution in [0.2, 0.25) is 5.02 Å². The summed E-state index contributed by atoms with van der Waals surface area (Å²) in [5, 5.41) is 0.600. The molecule has 5 nitrogen and oxygen atoms in total. The second-order valence-corrected chi connectivity index (χ2v) is 5.53. The fraction of sp³-hybridized carbons (Fsp3) is 0.538. The normalized spacial score (nSPS) is 24.3. The molecule has 1 aromatic rings. The third-order valence-corrected chi connectivity index (χ3v) is 4.05. The fourth-order valence-corrected chi connectivity index (χ4v) is 2.60. The van der Waals surface area contributed by atoms with Crippen LogP contribution in [0.1, 0.15) is 25.5 Å². The zero-order valence-corrected chi connectivity index (χ0v) is 11.7. The van der Waals surface area contributed by atoms with Gasteiger partial charge in [0.25, 0.3) is 0 Å². The van der Waals surface area contributed by atoms with Crippen molar-refractivity contribution < 1.29 is 4.79 Å². The summed E-state index contributed by atoms with van der Waals surface area (Å²) in [5.41, 5.74) is 11.8. The average Bonchev–Trinajstić information content (AvgIpc) is 2.36. The molecule has 1 fully saturated rings. The van der Waals surface area contributed by atoms with Crippen LogP contribution in [-0.2, 0) is 11.3 Å². The van der Waals surface area contributed by atoms with Crippen LogP contribution in [0.25, 0.3) is 0 Å². The SMILES string of the molecule is CC1CCC(C(N)=O)CN1Cc1nc(N)ccc1Cl. The number of carbonyl (C=O) groups excluding carboxylic acids is 1. The Morgan fingerprint density at radius 3 is 2.95 bits per heavy atom. The Morgan fingerprint density at radius 2 is 2.26 bits per heavy atom. The Kier molecular flexibility index (Phi) is 4.27. The summed E-state index contributed by atoms with van der Waals surface area (Å²) in [6.45, 7) is 3.38. The van der Waals surface area contributed by atoms with Crippen LogP contribution in [0, 0.1) is 5.92 Å². The zero-order chi connectivity index (χ0) is 14.0. The highest BCUT2D eigenvalue weighted by atomic mass is 35.5. The van der Waals surface area contributed by atoms with Gasteiger partial charge in [-0.05, 0) is 31.9 Å². The van der Waals surface area contributed by atoms with Gasteiger partial charge in [-0.1, -0.05) is 11.6 Å². The molecular formula is C13H19ClN4O. The van der Waals surface area contributed by atoms with Gasteiger partial charge in [-0.25, -0.2) is 4.98 Å².